The molecule has 0 aromatic heterocycles. The van der Waals surface area contributed by atoms with Gasteiger partial charge < -0.3 is 4.74 Å². The maximum Gasteiger partial charge on any atom is 0.125 e. The van der Waals surface area contributed by atoms with Crippen molar-refractivity contribution in [2.75, 3.05) is 7.11 Å². The topological polar surface area (TPSA) is 9.23 Å². The largest absolute Gasteiger partial charge is 0.496 e. The van der Waals surface area contributed by atoms with E-state index in [4.69, 9.17) is 16.3 Å². The van der Waals surface area contributed by atoms with Crippen LogP contribution in [0.15, 0.2) is 40.9 Å². The molecule has 0 bridgehead atoms. The summed E-state index contributed by atoms with van der Waals surface area (Å²) in [6, 6.07) is 12.7. The Kier molecular flexibility index (Phi) is 4.56. The van der Waals surface area contributed by atoms with Crippen LogP contribution in [0.4, 0.5) is 0 Å². The molecule has 2 aromatic carbocycles. The van der Waals surface area contributed by atoms with Gasteiger partial charge in [0.25, 0.3) is 0 Å². The molecule has 2 aromatic rings. The Hall–Kier alpha value is -0.990. The normalized spacial score (nSPS) is 15.4. The molecule has 110 valence electrons. The molecule has 21 heavy (non-hydrogen) atoms. The average molecular weight is 366 g/mol. The van der Waals surface area contributed by atoms with Crippen molar-refractivity contribution in [2.24, 2.45) is 0 Å². The van der Waals surface area contributed by atoms with Crippen LogP contribution >= 0.6 is 27.5 Å². The van der Waals surface area contributed by atoms with Gasteiger partial charge in [-0.25, -0.2) is 0 Å². The minimum absolute atomic E-state index is 0.180. The van der Waals surface area contributed by atoms with Crippen molar-refractivity contribution in [2.45, 2.75) is 31.1 Å². The quantitative estimate of drug-likeness (QED) is 0.637. The summed E-state index contributed by atoms with van der Waals surface area (Å²) in [5.41, 5.74) is 5.10. The van der Waals surface area contributed by atoms with Gasteiger partial charge in [-0.15, -0.1) is 11.6 Å². The number of alkyl halides is 1. The fourth-order valence-corrected chi connectivity index (χ4v) is 3.64. The fraction of sp³-hybridized carbons (Fsp3) is 0.333. The van der Waals surface area contributed by atoms with Gasteiger partial charge in [-0.2, -0.15) is 0 Å². The monoisotopic (exact) mass is 364 g/mol. The van der Waals surface area contributed by atoms with Gasteiger partial charge in [0.05, 0.1) is 12.5 Å². The maximum atomic E-state index is 6.72. The molecule has 0 saturated carbocycles. The Morgan fingerprint density at radius 1 is 1.05 bits per heavy atom. The van der Waals surface area contributed by atoms with E-state index >= 15 is 0 Å². The summed E-state index contributed by atoms with van der Waals surface area (Å²) < 4.78 is 6.46. The number of halogens is 2. The van der Waals surface area contributed by atoms with Crippen LogP contribution in [0.2, 0.25) is 0 Å². The van der Waals surface area contributed by atoms with Crippen molar-refractivity contribution in [1.82, 2.24) is 0 Å². The van der Waals surface area contributed by atoms with Crippen LogP contribution in [0.5, 0.6) is 5.75 Å². The highest BCUT2D eigenvalue weighted by Gasteiger charge is 2.18. The third-order valence-electron chi connectivity index (χ3n) is 4.13. The molecule has 1 unspecified atom stereocenters. The third-order valence-corrected chi connectivity index (χ3v) is 5.11. The van der Waals surface area contributed by atoms with Crippen LogP contribution in [0, 0.1) is 0 Å². The molecule has 0 radical (unpaired) electrons. The summed E-state index contributed by atoms with van der Waals surface area (Å²) in [7, 11) is 1.68. The van der Waals surface area contributed by atoms with Crippen LogP contribution in [-0.4, -0.2) is 7.11 Å². The van der Waals surface area contributed by atoms with Crippen LogP contribution in [-0.2, 0) is 12.8 Å². The Balaban J connectivity index is 1.96. The number of hydrogen-bond acceptors (Lipinski definition) is 1. The summed E-state index contributed by atoms with van der Waals surface area (Å²) in [4.78, 5) is 0. The summed E-state index contributed by atoms with van der Waals surface area (Å²) >= 11 is 10.2. The van der Waals surface area contributed by atoms with E-state index in [2.05, 4.69) is 34.1 Å². The van der Waals surface area contributed by atoms with Gasteiger partial charge in [0, 0.05) is 10.0 Å². The SMILES string of the molecule is COc1cc(Br)ccc1C(Cl)c1ccc2c(c1)CCCC2. The molecule has 3 heteroatoms. The highest BCUT2D eigenvalue weighted by Crippen LogP contribution is 2.37. The molecule has 0 saturated heterocycles. The second kappa shape index (κ2) is 6.41. The minimum Gasteiger partial charge on any atom is -0.496 e. The zero-order valence-corrected chi connectivity index (χ0v) is 14.4. The Morgan fingerprint density at radius 2 is 1.81 bits per heavy atom. The lowest BCUT2D eigenvalue weighted by Gasteiger charge is -2.19. The van der Waals surface area contributed by atoms with Crippen LogP contribution in [0.3, 0.4) is 0 Å². The zero-order chi connectivity index (χ0) is 14.8. The highest BCUT2D eigenvalue weighted by molar-refractivity contribution is 9.10. The Morgan fingerprint density at radius 3 is 2.57 bits per heavy atom. The van der Waals surface area contributed by atoms with Crippen molar-refractivity contribution < 1.29 is 4.74 Å². The number of benzene rings is 2. The molecular formula is C18H18BrClO. The first kappa shape index (κ1) is 14.9. The predicted molar refractivity (Wildman–Crippen MR) is 91.5 cm³/mol. The minimum atomic E-state index is -0.180. The molecule has 1 aliphatic carbocycles. The van der Waals surface area contributed by atoms with Crippen molar-refractivity contribution >= 4 is 27.5 Å². The first-order valence-corrected chi connectivity index (χ1v) is 8.51. The highest BCUT2D eigenvalue weighted by atomic mass is 79.9. The van der Waals surface area contributed by atoms with E-state index in [1.165, 1.54) is 36.8 Å². The van der Waals surface area contributed by atoms with Gasteiger partial charge in [0.1, 0.15) is 5.75 Å². The summed E-state index contributed by atoms with van der Waals surface area (Å²) in [5.74, 6) is 0.821. The fourth-order valence-electron chi connectivity index (χ4n) is 2.98. The van der Waals surface area contributed by atoms with Gasteiger partial charge in [-0.1, -0.05) is 40.2 Å². The third kappa shape index (κ3) is 3.12. The molecule has 0 spiro atoms. The molecular weight excluding hydrogens is 348 g/mol. The second-order valence-electron chi connectivity index (χ2n) is 5.48. The zero-order valence-electron chi connectivity index (χ0n) is 12.0. The number of ether oxygens (including phenoxy) is 1. The number of methoxy groups -OCH3 is 1. The second-order valence-corrected chi connectivity index (χ2v) is 6.84. The van der Waals surface area contributed by atoms with E-state index in [1.54, 1.807) is 7.11 Å². The number of fused-ring (bicyclic) bond motifs is 1. The number of hydrogen-bond donors (Lipinski definition) is 0. The van der Waals surface area contributed by atoms with E-state index in [-0.39, 0.29) is 5.38 Å². The molecule has 0 amide bonds. The van der Waals surface area contributed by atoms with Crippen LogP contribution < -0.4 is 4.74 Å². The lowest BCUT2D eigenvalue weighted by Crippen LogP contribution is -2.05. The van der Waals surface area contributed by atoms with Crippen LogP contribution in [0.1, 0.15) is 40.5 Å². The van der Waals surface area contributed by atoms with Gasteiger partial charge >= 0.3 is 0 Å². The summed E-state index contributed by atoms with van der Waals surface area (Å²) in [5, 5.41) is -0.180. The summed E-state index contributed by atoms with van der Waals surface area (Å²) in [6.07, 6.45) is 4.95. The first-order chi connectivity index (χ1) is 10.2. The van der Waals surface area contributed by atoms with E-state index < -0.39 is 0 Å². The smallest absolute Gasteiger partial charge is 0.125 e. The van der Waals surface area contributed by atoms with Gasteiger partial charge in [0.2, 0.25) is 0 Å². The number of aryl methyl sites for hydroxylation is 2. The molecule has 1 atom stereocenters. The summed E-state index contributed by atoms with van der Waals surface area (Å²) in [6.45, 7) is 0. The van der Waals surface area contributed by atoms with Crippen molar-refractivity contribution in [1.29, 1.82) is 0 Å². The van der Waals surface area contributed by atoms with Gasteiger partial charge in [-0.05, 0) is 54.5 Å². The van der Waals surface area contributed by atoms with Crippen molar-refractivity contribution in [3.8, 4) is 5.75 Å². The Labute approximate surface area is 139 Å². The molecule has 1 aliphatic rings. The molecule has 0 heterocycles. The lowest BCUT2D eigenvalue weighted by atomic mass is 9.89. The average Bonchev–Trinajstić information content (AvgIpc) is 2.53. The van der Waals surface area contributed by atoms with Gasteiger partial charge in [0.15, 0.2) is 0 Å². The molecule has 0 fully saturated rings. The van der Waals surface area contributed by atoms with Crippen molar-refractivity contribution in [3.63, 3.8) is 0 Å². The molecule has 0 N–H and O–H groups in total. The maximum absolute atomic E-state index is 6.72. The van der Waals surface area contributed by atoms with E-state index in [1.807, 2.05) is 18.2 Å². The molecule has 1 nitrogen and oxygen atoms in total. The van der Waals surface area contributed by atoms with E-state index in [0.29, 0.717) is 0 Å². The molecule has 3 rings (SSSR count). The van der Waals surface area contributed by atoms with Crippen molar-refractivity contribution in [3.05, 3.63) is 63.1 Å². The predicted octanol–water partition coefficient (Wildman–Crippen LogP) is 5.66. The van der Waals surface area contributed by atoms with E-state index in [9.17, 15) is 0 Å². The van der Waals surface area contributed by atoms with Crippen LogP contribution in [0.25, 0.3) is 0 Å². The standard InChI is InChI=1S/C18H18BrClO/c1-21-17-11-15(19)8-9-16(17)18(20)14-7-6-12-4-2-3-5-13(12)10-14/h6-11,18H,2-5H2,1H3. The van der Waals surface area contributed by atoms with E-state index in [0.717, 1.165) is 21.3 Å². The molecule has 0 aliphatic heterocycles. The number of rotatable bonds is 3. The first-order valence-electron chi connectivity index (χ1n) is 7.28. The lowest BCUT2D eigenvalue weighted by molar-refractivity contribution is 0.410. The Bertz CT molecular complexity index is 654. The van der Waals surface area contributed by atoms with Gasteiger partial charge in [-0.3, -0.25) is 0 Å².